The van der Waals surface area contributed by atoms with Gasteiger partial charge in [-0.3, -0.25) is 0 Å². The lowest BCUT2D eigenvalue weighted by atomic mass is 9.92. The summed E-state index contributed by atoms with van der Waals surface area (Å²) in [6.07, 6.45) is 0. The molecule has 2 N–H and O–H groups in total. The number of benzene rings is 2. The van der Waals surface area contributed by atoms with Gasteiger partial charge in [-0.2, -0.15) is 0 Å². The summed E-state index contributed by atoms with van der Waals surface area (Å²) in [7, 11) is 3.18. The van der Waals surface area contributed by atoms with E-state index in [1.807, 2.05) is 6.07 Å². The van der Waals surface area contributed by atoms with Crippen LogP contribution in [0, 0.1) is 0 Å². The van der Waals surface area contributed by atoms with Crippen LogP contribution in [0.25, 0.3) is 10.8 Å². The number of ether oxygens (including phenoxy) is 2. The Morgan fingerprint density at radius 3 is 2.25 bits per heavy atom. The van der Waals surface area contributed by atoms with Crippen molar-refractivity contribution in [2.45, 2.75) is 26.4 Å². The summed E-state index contributed by atoms with van der Waals surface area (Å²) >= 11 is 0. The van der Waals surface area contributed by atoms with Crippen molar-refractivity contribution in [2.75, 3.05) is 14.2 Å². The van der Waals surface area contributed by atoms with Gasteiger partial charge >= 0.3 is 0 Å². The smallest absolute Gasteiger partial charge is 0.164 e. The maximum atomic E-state index is 10.2. The molecule has 0 aliphatic carbocycles. The molecule has 4 heteroatoms. The van der Waals surface area contributed by atoms with Crippen molar-refractivity contribution < 1.29 is 19.7 Å². The van der Waals surface area contributed by atoms with E-state index in [0.717, 1.165) is 10.9 Å². The number of phenolic OH excluding ortho intramolecular Hbond substituents is 1. The summed E-state index contributed by atoms with van der Waals surface area (Å²) in [5.41, 5.74) is 1.64. The minimum atomic E-state index is -0.116. The SMILES string of the molecule is COc1cc2c(O)cc(CO)cc2c(C(C)C)c1OC. The largest absolute Gasteiger partial charge is 0.507 e. The average Bonchev–Trinajstić information content (AvgIpc) is 2.44. The van der Waals surface area contributed by atoms with Gasteiger partial charge in [0.05, 0.1) is 20.8 Å². The predicted octanol–water partition coefficient (Wildman–Crippen LogP) is 3.18. The van der Waals surface area contributed by atoms with Crippen molar-refractivity contribution in [3.63, 3.8) is 0 Å². The van der Waals surface area contributed by atoms with E-state index >= 15 is 0 Å². The molecule has 2 aromatic carbocycles. The maximum absolute atomic E-state index is 10.2. The van der Waals surface area contributed by atoms with Crippen molar-refractivity contribution in [3.05, 3.63) is 29.3 Å². The van der Waals surface area contributed by atoms with Gasteiger partial charge in [-0.15, -0.1) is 0 Å². The number of hydrogen-bond donors (Lipinski definition) is 2. The Balaban J connectivity index is 2.93. The van der Waals surface area contributed by atoms with Crippen LogP contribution in [0.5, 0.6) is 17.2 Å². The summed E-state index contributed by atoms with van der Waals surface area (Å²) in [6, 6.07) is 5.21. The number of aliphatic hydroxyl groups is 1. The quantitative estimate of drug-likeness (QED) is 0.900. The van der Waals surface area contributed by atoms with E-state index in [-0.39, 0.29) is 18.3 Å². The van der Waals surface area contributed by atoms with Gasteiger partial charge in [-0.25, -0.2) is 0 Å². The van der Waals surface area contributed by atoms with Gasteiger partial charge in [0.2, 0.25) is 0 Å². The minimum Gasteiger partial charge on any atom is -0.507 e. The zero-order valence-electron chi connectivity index (χ0n) is 12.2. The Bertz CT molecular complexity index is 632. The molecule has 0 heterocycles. The molecule has 0 unspecified atom stereocenters. The minimum absolute atomic E-state index is 0.116. The fourth-order valence-electron chi connectivity index (χ4n) is 2.55. The van der Waals surface area contributed by atoms with Gasteiger partial charge in [-0.1, -0.05) is 13.8 Å². The Morgan fingerprint density at radius 1 is 1.05 bits per heavy atom. The highest BCUT2D eigenvalue weighted by Gasteiger charge is 2.19. The first kappa shape index (κ1) is 14.5. The van der Waals surface area contributed by atoms with Crippen molar-refractivity contribution in [1.82, 2.24) is 0 Å². The van der Waals surface area contributed by atoms with E-state index in [9.17, 15) is 10.2 Å². The van der Waals surface area contributed by atoms with Crippen molar-refractivity contribution >= 4 is 10.8 Å². The molecule has 0 aromatic heterocycles. The van der Waals surface area contributed by atoms with Crippen LogP contribution in [-0.4, -0.2) is 24.4 Å². The zero-order chi connectivity index (χ0) is 14.9. The van der Waals surface area contributed by atoms with Crippen molar-refractivity contribution in [2.24, 2.45) is 0 Å². The first-order valence-electron chi connectivity index (χ1n) is 6.54. The summed E-state index contributed by atoms with van der Waals surface area (Å²) in [5, 5.41) is 21.1. The first-order chi connectivity index (χ1) is 9.53. The molecule has 0 saturated carbocycles. The second-order valence-corrected chi connectivity index (χ2v) is 5.05. The van der Waals surface area contributed by atoms with E-state index in [2.05, 4.69) is 13.8 Å². The molecule has 0 atom stereocenters. The third-order valence-corrected chi connectivity index (χ3v) is 3.44. The molecule has 0 aliphatic rings. The topological polar surface area (TPSA) is 58.9 Å². The van der Waals surface area contributed by atoms with Crippen molar-refractivity contribution in [3.8, 4) is 17.2 Å². The molecule has 0 amide bonds. The van der Waals surface area contributed by atoms with E-state index in [1.165, 1.54) is 0 Å². The first-order valence-corrected chi connectivity index (χ1v) is 6.54. The number of methoxy groups -OCH3 is 2. The van der Waals surface area contributed by atoms with E-state index in [4.69, 9.17) is 9.47 Å². The lowest BCUT2D eigenvalue weighted by Crippen LogP contribution is -2.00. The third-order valence-electron chi connectivity index (χ3n) is 3.44. The van der Waals surface area contributed by atoms with Crippen LogP contribution in [0.1, 0.15) is 30.9 Å². The summed E-state index contributed by atoms with van der Waals surface area (Å²) in [5.74, 6) is 1.59. The van der Waals surface area contributed by atoms with Gasteiger partial charge < -0.3 is 19.7 Å². The Hall–Kier alpha value is -1.94. The van der Waals surface area contributed by atoms with Crippen molar-refractivity contribution in [1.29, 1.82) is 0 Å². The Labute approximate surface area is 118 Å². The highest BCUT2D eigenvalue weighted by atomic mass is 16.5. The van der Waals surface area contributed by atoms with Gasteiger partial charge in [0.1, 0.15) is 5.75 Å². The molecule has 2 rings (SSSR count). The van der Waals surface area contributed by atoms with Crippen LogP contribution in [0.2, 0.25) is 0 Å². The van der Waals surface area contributed by atoms with E-state index in [0.29, 0.717) is 22.4 Å². The lowest BCUT2D eigenvalue weighted by molar-refractivity contribution is 0.281. The summed E-state index contributed by atoms with van der Waals surface area (Å²) in [6.45, 7) is 3.99. The van der Waals surface area contributed by atoms with Crippen LogP contribution in [0.3, 0.4) is 0 Å². The number of fused-ring (bicyclic) bond motifs is 1. The lowest BCUT2D eigenvalue weighted by Gasteiger charge is -2.19. The molecule has 0 spiro atoms. The molecule has 0 aliphatic heterocycles. The van der Waals surface area contributed by atoms with Gasteiger partial charge in [0, 0.05) is 10.9 Å². The van der Waals surface area contributed by atoms with Gasteiger partial charge in [0.25, 0.3) is 0 Å². The fourth-order valence-corrected chi connectivity index (χ4v) is 2.55. The Kier molecular flexibility index (Phi) is 4.04. The van der Waals surface area contributed by atoms with Crippen LogP contribution in [0.4, 0.5) is 0 Å². The number of phenols is 1. The van der Waals surface area contributed by atoms with Crippen LogP contribution in [-0.2, 0) is 6.61 Å². The highest BCUT2D eigenvalue weighted by Crippen LogP contribution is 2.44. The second kappa shape index (κ2) is 5.59. The monoisotopic (exact) mass is 276 g/mol. The predicted molar refractivity (Wildman–Crippen MR) is 78.7 cm³/mol. The van der Waals surface area contributed by atoms with Crippen LogP contribution < -0.4 is 9.47 Å². The average molecular weight is 276 g/mol. The fraction of sp³-hybridized carbons (Fsp3) is 0.375. The summed E-state index contributed by atoms with van der Waals surface area (Å²) in [4.78, 5) is 0. The van der Waals surface area contributed by atoms with Crippen LogP contribution in [0.15, 0.2) is 18.2 Å². The van der Waals surface area contributed by atoms with Gasteiger partial charge in [-0.05, 0) is 35.1 Å². The highest BCUT2D eigenvalue weighted by molar-refractivity contribution is 5.95. The summed E-state index contributed by atoms with van der Waals surface area (Å²) < 4.78 is 10.8. The third kappa shape index (κ3) is 2.27. The number of hydrogen-bond acceptors (Lipinski definition) is 4. The normalized spacial score (nSPS) is 11.1. The molecule has 0 saturated heterocycles. The molecule has 0 bridgehead atoms. The molecule has 20 heavy (non-hydrogen) atoms. The molecule has 108 valence electrons. The van der Waals surface area contributed by atoms with E-state index < -0.39 is 0 Å². The number of rotatable bonds is 4. The molecular formula is C16H20O4. The standard InChI is InChI=1S/C16H20O4/c1-9(2)15-12-5-10(8-17)6-13(18)11(12)7-14(19-3)16(15)20-4/h5-7,9,17-18H,8H2,1-4H3. The Morgan fingerprint density at radius 2 is 1.75 bits per heavy atom. The molecule has 2 aromatic rings. The molecule has 0 radical (unpaired) electrons. The maximum Gasteiger partial charge on any atom is 0.164 e. The van der Waals surface area contributed by atoms with E-state index in [1.54, 1.807) is 26.4 Å². The second-order valence-electron chi connectivity index (χ2n) is 5.05. The number of aliphatic hydroxyl groups excluding tert-OH is 1. The zero-order valence-corrected chi connectivity index (χ0v) is 12.2. The molecule has 4 nitrogen and oxygen atoms in total. The number of aromatic hydroxyl groups is 1. The molecular weight excluding hydrogens is 256 g/mol. The molecule has 0 fully saturated rings. The van der Waals surface area contributed by atoms with Gasteiger partial charge in [0.15, 0.2) is 11.5 Å². The van der Waals surface area contributed by atoms with Crippen LogP contribution >= 0.6 is 0 Å².